The van der Waals surface area contributed by atoms with E-state index >= 15 is 0 Å². The summed E-state index contributed by atoms with van der Waals surface area (Å²) in [6.45, 7) is 6.60. The van der Waals surface area contributed by atoms with Crippen molar-refractivity contribution in [2.75, 3.05) is 26.9 Å². The van der Waals surface area contributed by atoms with Crippen molar-refractivity contribution < 1.29 is 33.0 Å². The number of hydrogen-bond acceptors (Lipinski definition) is 9. The smallest absolute Gasteiger partial charge is 0.338 e. The van der Waals surface area contributed by atoms with E-state index < -0.39 is 5.97 Å². The van der Waals surface area contributed by atoms with E-state index in [4.69, 9.17) is 28.2 Å². The number of aromatic nitrogens is 2. The summed E-state index contributed by atoms with van der Waals surface area (Å²) in [4.78, 5) is 16.9. The van der Waals surface area contributed by atoms with Gasteiger partial charge >= 0.3 is 5.97 Å². The van der Waals surface area contributed by atoms with Crippen LogP contribution in [0.3, 0.4) is 0 Å². The van der Waals surface area contributed by atoms with Gasteiger partial charge in [0.2, 0.25) is 11.6 Å². The van der Waals surface area contributed by atoms with Crippen LogP contribution in [0.25, 0.3) is 11.4 Å². The maximum Gasteiger partial charge on any atom is 0.338 e. The van der Waals surface area contributed by atoms with Crippen molar-refractivity contribution in [1.29, 1.82) is 0 Å². The fourth-order valence-corrected chi connectivity index (χ4v) is 2.89. The van der Waals surface area contributed by atoms with Gasteiger partial charge in [-0.25, -0.2) is 4.79 Å². The molecule has 0 unspecified atom stereocenters. The number of methoxy groups -OCH3 is 1. The normalized spacial score (nSPS) is 10.5. The molecule has 170 valence electrons. The summed E-state index contributed by atoms with van der Waals surface area (Å²) >= 11 is 0. The molecule has 0 aliphatic rings. The Bertz CT molecular complexity index is 1000. The number of nitrogens with zero attached hydrogens (tertiary/aromatic N) is 2. The monoisotopic (exact) mass is 442 g/mol. The zero-order chi connectivity index (χ0) is 22.9. The van der Waals surface area contributed by atoms with E-state index in [1.165, 1.54) is 0 Å². The van der Waals surface area contributed by atoms with E-state index in [0.717, 1.165) is 11.3 Å². The average Bonchev–Trinajstić information content (AvgIpc) is 3.29. The second kappa shape index (κ2) is 11.0. The Morgan fingerprint density at radius 2 is 1.56 bits per heavy atom. The molecular weight excluding hydrogens is 416 g/mol. The van der Waals surface area contributed by atoms with Crippen LogP contribution in [0, 0.1) is 0 Å². The van der Waals surface area contributed by atoms with Gasteiger partial charge in [-0.15, -0.1) is 0 Å². The lowest BCUT2D eigenvalue weighted by molar-refractivity contribution is 0.0428. The minimum Gasteiger partial charge on any atom is -0.497 e. The molecular formula is C23H26N2O7. The fourth-order valence-electron chi connectivity index (χ4n) is 2.89. The van der Waals surface area contributed by atoms with Gasteiger partial charge in [0.15, 0.2) is 18.1 Å². The molecule has 0 aliphatic carbocycles. The SMILES string of the molecule is CCOc1cc(C(=O)OCc2nc(-c3ccc(OC)cc3)no2)cc(OCC)c1OCC. The molecule has 2 aromatic carbocycles. The van der Waals surface area contributed by atoms with Crippen molar-refractivity contribution in [2.45, 2.75) is 27.4 Å². The van der Waals surface area contributed by atoms with Crippen LogP contribution >= 0.6 is 0 Å². The van der Waals surface area contributed by atoms with Crippen LogP contribution in [0.2, 0.25) is 0 Å². The van der Waals surface area contributed by atoms with Gasteiger partial charge in [0, 0.05) is 5.56 Å². The van der Waals surface area contributed by atoms with Crippen LogP contribution in [0.4, 0.5) is 0 Å². The van der Waals surface area contributed by atoms with Crippen LogP contribution in [0.1, 0.15) is 37.0 Å². The molecule has 1 aromatic heterocycles. The molecule has 0 saturated carbocycles. The highest BCUT2D eigenvalue weighted by Gasteiger charge is 2.20. The highest BCUT2D eigenvalue weighted by molar-refractivity contribution is 5.91. The molecule has 0 aliphatic heterocycles. The Morgan fingerprint density at radius 3 is 2.12 bits per heavy atom. The van der Waals surface area contributed by atoms with Gasteiger partial charge in [-0.2, -0.15) is 4.98 Å². The van der Waals surface area contributed by atoms with Crippen LogP contribution in [0.15, 0.2) is 40.9 Å². The lowest BCUT2D eigenvalue weighted by Gasteiger charge is -2.16. The van der Waals surface area contributed by atoms with Gasteiger partial charge in [-0.05, 0) is 57.2 Å². The molecule has 0 atom stereocenters. The molecule has 1 heterocycles. The van der Waals surface area contributed by atoms with Crippen LogP contribution in [-0.2, 0) is 11.3 Å². The number of carbonyl (C=O) groups is 1. The number of rotatable bonds is 11. The molecule has 0 saturated heterocycles. The molecule has 0 fully saturated rings. The Labute approximate surface area is 186 Å². The van der Waals surface area contributed by atoms with E-state index in [9.17, 15) is 4.79 Å². The Morgan fingerprint density at radius 1 is 0.938 bits per heavy atom. The number of esters is 1. The summed E-state index contributed by atoms with van der Waals surface area (Å²) in [7, 11) is 1.59. The predicted octanol–water partition coefficient (Wildman–Crippen LogP) is 4.30. The topological polar surface area (TPSA) is 102 Å². The van der Waals surface area contributed by atoms with Crippen molar-refractivity contribution in [3.63, 3.8) is 0 Å². The van der Waals surface area contributed by atoms with Crippen LogP contribution in [-0.4, -0.2) is 43.0 Å². The third-order valence-corrected chi connectivity index (χ3v) is 4.29. The minimum absolute atomic E-state index is 0.171. The maximum absolute atomic E-state index is 12.7. The first-order valence-corrected chi connectivity index (χ1v) is 10.3. The molecule has 0 bridgehead atoms. The number of benzene rings is 2. The van der Waals surface area contributed by atoms with E-state index in [1.54, 1.807) is 31.4 Å². The quantitative estimate of drug-likeness (QED) is 0.402. The fraction of sp³-hybridized carbons (Fsp3) is 0.348. The molecule has 0 spiro atoms. The van der Waals surface area contributed by atoms with E-state index in [-0.39, 0.29) is 18.1 Å². The largest absolute Gasteiger partial charge is 0.497 e. The van der Waals surface area contributed by atoms with Crippen molar-refractivity contribution in [3.05, 3.63) is 47.9 Å². The highest BCUT2D eigenvalue weighted by atomic mass is 16.6. The lowest BCUT2D eigenvalue weighted by atomic mass is 10.2. The first kappa shape index (κ1) is 22.9. The third-order valence-electron chi connectivity index (χ3n) is 4.29. The average molecular weight is 442 g/mol. The summed E-state index contributed by atoms with van der Waals surface area (Å²) in [6, 6.07) is 10.3. The van der Waals surface area contributed by atoms with Gasteiger partial charge in [0.05, 0.1) is 32.5 Å². The number of hydrogen-bond donors (Lipinski definition) is 0. The molecule has 0 amide bonds. The van der Waals surface area contributed by atoms with E-state index in [2.05, 4.69) is 10.1 Å². The zero-order valence-corrected chi connectivity index (χ0v) is 18.5. The van der Waals surface area contributed by atoms with Gasteiger partial charge in [-0.1, -0.05) is 5.16 Å². The first-order valence-electron chi connectivity index (χ1n) is 10.3. The van der Waals surface area contributed by atoms with Crippen molar-refractivity contribution >= 4 is 5.97 Å². The standard InChI is InChI=1S/C23H26N2O7/c1-5-28-18-12-16(13-19(29-6-2)21(18)30-7-3)23(26)31-14-20-24-22(25-32-20)15-8-10-17(27-4)11-9-15/h8-13H,5-7,14H2,1-4H3. The number of carbonyl (C=O) groups excluding carboxylic acids is 1. The molecule has 3 aromatic rings. The highest BCUT2D eigenvalue weighted by Crippen LogP contribution is 2.39. The molecule has 9 heteroatoms. The first-order chi connectivity index (χ1) is 15.6. The lowest BCUT2D eigenvalue weighted by Crippen LogP contribution is -2.09. The summed E-state index contributed by atoms with van der Waals surface area (Å²) in [6.07, 6.45) is 0. The Balaban J connectivity index is 1.73. The van der Waals surface area contributed by atoms with E-state index in [1.807, 2.05) is 32.9 Å². The van der Waals surface area contributed by atoms with Crippen molar-refractivity contribution in [3.8, 4) is 34.4 Å². The van der Waals surface area contributed by atoms with Gasteiger partial charge in [0.25, 0.3) is 5.89 Å². The molecule has 0 N–H and O–H groups in total. The van der Waals surface area contributed by atoms with Crippen molar-refractivity contribution in [2.24, 2.45) is 0 Å². The van der Waals surface area contributed by atoms with Crippen LogP contribution in [0.5, 0.6) is 23.0 Å². The summed E-state index contributed by atoms with van der Waals surface area (Å²) in [5, 5.41) is 3.93. The summed E-state index contributed by atoms with van der Waals surface area (Å²) < 4.78 is 32.6. The summed E-state index contributed by atoms with van der Waals surface area (Å²) in [5.74, 6) is 1.97. The van der Waals surface area contributed by atoms with E-state index in [0.29, 0.717) is 42.9 Å². The molecule has 3 rings (SSSR count). The molecule has 9 nitrogen and oxygen atoms in total. The Kier molecular flexibility index (Phi) is 7.91. The maximum atomic E-state index is 12.7. The Hall–Kier alpha value is -3.75. The zero-order valence-electron chi connectivity index (χ0n) is 18.5. The number of ether oxygens (including phenoxy) is 5. The molecule has 32 heavy (non-hydrogen) atoms. The second-order valence-corrected chi connectivity index (χ2v) is 6.42. The second-order valence-electron chi connectivity index (χ2n) is 6.42. The minimum atomic E-state index is -0.584. The third kappa shape index (κ3) is 5.48. The molecule has 0 radical (unpaired) electrons. The van der Waals surface area contributed by atoms with Gasteiger partial charge in [0.1, 0.15) is 5.75 Å². The van der Waals surface area contributed by atoms with Gasteiger partial charge < -0.3 is 28.2 Å². The van der Waals surface area contributed by atoms with Gasteiger partial charge in [-0.3, -0.25) is 0 Å². The van der Waals surface area contributed by atoms with Crippen LogP contribution < -0.4 is 18.9 Å². The van der Waals surface area contributed by atoms with Crippen molar-refractivity contribution in [1.82, 2.24) is 10.1 Å². The summed E-state index contributed by atoms with van der Waals surface area (Å²) in [5.41, 5.74) is 1.01. The predicted molar refractivity (Wildman–Crippen MR) is 115 cm³/mol.